The second-order valence-corrected chi connectivity index (χ2v) is 13.0. The quantitative estimate of drug-likeness (QED) is 0.441. The van der Waals surface area contributed by atoms with Gasteiger partial charge in [0.15, 0.2) is 0 Å². The van der Waals surface area contributed by atoms with E-state index in [0.29, 0.717) is 0 Å². The van der Waals surface area contributed by atoms with E-state index in [0.717, 1.165) is 6.42 Å². The summed E-state index contributed by atoms with van der Waals surface area (Å²) in [6.45, 7) is 11.7. The molecule has 0 amide bonds. The summed E-state index contributed by atoms with van der Waals surface area (Å²) in [6, 6.07) is 7.07. The molecule has 5 heteroatoms. The van der Waals surface area contributed by atoms with Gasteiger partial charge in [0.2, 0.25) is 0 Å². The van der Waals surface area contributed by atoms with Crippen LogP contribution in [0.25, 0.3) is 0 Å². The van der Waals surface area contributed by atoms with E-state index in [1.807, 2.05) is 0 Å². The first-order valence-electron chi connectivity index (χ1n) is 7.03. The van der Waals surface area contributed by atoms with Gasteiger partial charge in [-0.15, -0.1) is 0 Å². The molecule has 0 spiro atoms. The molecule has 0 saturated heterocycles. The van der Waals surface area contributed by atoms with Crippen molar-refractivity contribution in [2.75, 3.05) is 0 Å². The van der Waals surface area contributed by atoms with Crippen LogP contribution in [0.15, 0.2) is 42.0 Å². The van der Waals surface area contributed by atoms with Crippen LogP contribution in [0.3, 0.4) is 0 Å². The molecule has 0 aliphatic heterocycles. The molecule has 1 aliphatic rings. The first-order chi connectivity index (χ1) is 8.78. The van der Waals surface area contributed by atoms with Gasteiger partial charge in [-0.1, -0.05) is 0 Å². The Bertz CT molecular complexity index is 547. The number of aryl methyl sites for hydroxylation is 2. The molecule has 1 unspecified atom stereocenters. The van der Waals surface area contributed by atoms with Crippen LogP contribution in [-0.4, -0.2) is 8.07 Å². The van der Waals surface area contributed by atoms with Crippen molar-refractivity contribution in [3.63, 3.8) is 0 Å². The second-order valence-electron chi connectivity index (χ2n) is 6.28. The summed E-state index contributed by atoms with van der Waals surface area (Å²) in [5.41, 5.74) is 4.27. The Morgan fingerprint density at radius 3 is 1.91 bits per heavy atom. The number of hydrogen-bond donors (Lipinski definition) is 0. The fourth-order valence-electron chi connectivity index (χ4n) is 2.81. The Kier molecular flexibility index (Phi) is 10.2. The summed E-state index contributed by atoms with van der Waals surface area (Å²) in [4.78, 5) is 0. The maximum absolute atomic E-state index is 2.51. The molecule has 0 nitrogen and oxygen atoms in total. The van der Waals surface area contributed by atoms with Crippen molar-refractivity contribution in [2.45, 2.75) is 43.6 Å². The zero-order valence-corrected chi connectivity index (χ0v) is 18.6. The fourth-order valence-corrected chi connectivity index (χ4v) is 6.61. The van der Waals surface area contributed by atoms with Gasteiger partial charge >= 0.3 is 130 Å². The van der Waals surface area contributed by atoms with Crippen LogP contribution in [0.5, 0.6) is 0 Å². The Labute approximate surface area is 166 Å². The molecule has 0 radical (unpaired) electrons. The van der Waals surface area contributed by atoms with Crippen LogP contribution >= 0.6 is 0 Å². The van der Waals surface area contributed by atoms with E-state index >= 15 is 0 Å². The summed E-state index contributed by atoms with van der Waals surface area (Å²) in [7, 11) is -1.55. The van der Waals surface area contributed by atoms with E-state index < -0.39 is 8.07 Å². The van der Waals surface area contributed by atoms with Crippen LogP contribution in [0.1, 0.15) is 24.5 Å². The van der Waals surface area contributed by atoms with Crippen molar-refractivity contribution in [2.24, 2.45) is 0 Å². The average Bonchev–Trinajstić information content (AvgIpc) is 2.71. The van der Waals surface area contributed by atoms with Crippen molar-refractivity contribution in [1.82, 2.24) is 0 Å². The molecule has 2 rings (SSSR count). The topological polar surface area (TPSA) is 0 Å². The molecule has 0 heterocycles. The molecule has 1 atom stereocenters. The smallest absolute Gasteiger partial charge is 1.00 e. The van der Waals surface area contributed by atoms with E-state index in [1.165, 1.54) is 16.7 Å². The Morgan fingerprint density at radius 1 is 1.00 bits per heavy atom. The zero-order valence-electron chi connectivity index (χ0n) is 13.8. The molecule has 0 saturated carbocycles. The molecule has 0 bridgehead atoms. The third-order valence-electron chi connectivity index (χ3n) is 4.36. The number of halogens is 3. The number of hydrogen-bond acceptors (Lipinski definition) is 0. The molecule has 1 aromatic carbocycles. The van der Waals surface area contributed by atoms with Gasteiger partial charge in [-0.2, -0.15) is 0 Å². The minimum Gasteiger partial charge on any atom is -1.00 e. The minimum atomic E-state index is -1.55. The minimum absolute atomic E-state index is 0. The van der Waals surface area contributed by atoms with E-state index in [-0.39, 0.29) is 40.6 Å². The average molecular weight is 410 g/mol. The van der Waals surface area contributed by atoms with Crippen molar-refractivity contribution >= 4 is 13.3 Å². The van der Waals surface area contributed by atoms with Gasteiger partial charge in [-0.3, -0.25) is 0 Å². The molecule has 1 aliphatic carbocycles. The van der Waals surface area contributed by atoms with Crippen LogP contribution in [0, 0.1) is 13.8 Å². The summed E-state index contributed by atoms with van der Waals surface area (Å²) in [6.07, 6.45) is 8.42. The standard InChI is InChI=1S/C17H23Si.3ClH.Ti/c1-6-15-7-8-16(12-15)18(4,5)17-10-13(2)9-14(3)11-17;;;;/h7-12H,6H2,1-5H3;3*1H;/q;;;;+3/p-3. The monoisotopic (exact) mass is 408 g/mol. The van der Waals surface area contributed by atoms with E-state index in [1.54, 1.807) is 5.19 Å². The van der Waals surface area contributed by atoms with Crippen molar-refractivity contribution in [3.8, 4) is 0 Å². The predicted molar refractivity (Wildman–Crippen MR) is 83.2 cm³/mol. The summed E-state index contributed by atoms with van der Waals surface area (Å²) < 4.78 is 0.249. The van der Waals surface area contributed by atoms with Crippen LogP contribution in [-0.2, 0) is 20.4 Å². The van der Waals surface area contributed by atoms with E-state index in [9.17, 15) is 0 Å². The van der Waals surface area contributed by atoms with E-state index in [4.69, 9.17) is 0 Å². The molecule has 1 aromatic rings. The summed E-state index contributed by atoms with van der Waals surface area (Å²) in [5, 5.41) is 1.57. The normalized spacial score (nSPS) is 19.7. The van der Waals surface area contributed by atoms with Gasteiger partial charge in [0.1, 0.15) is 0 Å². The zero-order chi connectivity index (χ0) is 14.3. The fraction of sp³-hybridized carbons (Fsp3) is 0.412. The van der Waals surface area contributed by atoms with E-state index in [2.05, 4.69) is 90.7 Å². The molecule has 120 valence electrons. The summed E-state index contributed by atoms with van der Waals surface area (Å²) >= 11 is 2.41. The first-order valence-corrected chi connectivity index (χ1v) is 10.8. The van der Waals surface area contributed by atoms with Gasteiger partial charge in [-0.25, -0.2) is 0 Å². The van der Waals surface area contributed by atoms with Gasteiger partial charge in [0, 0.05) is 0 Å². The molecular formula is C17H23Cl3SiTi. The Balaban J connectivity index is 0. The van der Waals surface area contributed by atoms with Crippen molar-refractivity contribution in [1.29, 1.82) is 0 Å². The first kappa shape index (κ1) is 24.7. The predicted octanol–water partition coefficient (Wildman–Crippen LogP) is -4.62. The number of rotatable bonds is 3. The van der Waals surface area contributed by atoms with Gasteiger partial charge in [0.05, 0.1) is 0 Å². The largest absolute Gasteiger partial charge is 1.00 e. The Hall–Kier alpha value is 0.501. The SMILES string of the molecule is CCC1=C[C]([Ti+3])([Si](C)(C)c2cc(C)cc(C)c2)C=C1.[Cl-].[Cl-].[Cl-]. The molecule has 0 N–H and O–H groups in total. The summed E-state index contributed by atoms with van der Waals surface area (Å²) in [5.74, 6) is 0. The van der Waals surface area contributed by atoms with Crippen molar-refractivity contribution < 1.29 is 57.7 Å². The molecule has 0 aromatic heterocycles. The number of allylic oxidation sites excluding steroid dienone is 4. The van der Waals surface area contributed by atoms with Gasteiger partial charge in [0.25, 0.3) is 0 Å². The maximum atomic E-state index is 2.51. The van der Waals surface area contributed by atoms with Crippen molar-refractivity contribution in [3.05, 3.63) is 53.1 Å². The second kappa shape index (κ2) is 9.11. The number of benzene rings is 1. The van der Waals surface area contributed by atoms with Gasteiger partial charge in [-0.05, 0) is 0 Å². The van der Waals surface area contributed by atoms with Gasteiger partial charge < -0.3 is 37.2 Å². The molecular weight excluding hydrogens is 386 g/mol. The molecule has 22 heavy (non-hydrogen) atoms. The van der Waals surface area contributed by atoms with Crippen LogP contribution in [0.4, 0.5) is 0 Å². The third kappa shape index (κ3) is 4.75. The third-order valence-corrected chi connectivity index (χ3v) is 11.9. The Morgan fingerprint density at radius 2 is 1.50 bits per heavy atom. The van der Waals surface area contributed by atoms with Crippen LogP contribution in [0.2, 0.25) is 16.4 Å². The molecule has 0 fully saturated rings. The van der Waals surface area contributed by atoms with Crippen LogP contribution < -0.4 is 42.4 Å². The maximum Gasteiger partial charge on any atom is -1.00 e.